The van der Waals surface area contributed by atoms with Crippen LogP contribution in [-0.4, -0.2) is 6.10 Å². The van der Waals surface area contributed by atoms with Gasteiger partial charge < -0.3 is 4.74 Å². The lowest BCUT2D eigenvalue weighted by atomic mass is 9.97. The monoisotopic (exact) mass is 286 g/mol. The van der Waals surface area contributed by atoms with Gasteiger partial charge in [0.15, 0.2) is 0 Å². The smallest absolute Gasteiger partial charge is 0.123 e. The van der Waals surface area contributed by atoms with Gasteiger partial charge in [0, 0.05) is 0 Å². The van der Waals surface area contributed by atoms with Crippen LogP contribution in [0.15, 0.2) is 42.5 Å². The van der Waals surface area contributed by atoms with Gasteiger partial charge in [-0.3, -0.25) is 5.84 Å². The van der Waals surface area contributed by atoms with Crippen molar-refractivity contribution in [2.24, 2.45) is 5.84 Å². The number of hydrogen-bond donors (Lipinski definition) is 2. The molecule has 2 aromatic rings. The normalized spacial score (nSPS) is 15.8. The Morgan fingerprint density at radius 2 is 2.00 bits per heavy atom. The van der Waals surface area contributed by atoms with Crippen molar-refractivity contribution < 1.29 is 9.13 Å². The molecule has 0 radical (unpaired) electrons. The summed E-state index contributed by atoms with van der Waals surface area (Å²) in [5.74, 6) is 6.27. The van der Waals surface area contributed by atoms with Gasteiger partial charge in [-0.05, 0) is 60.7 Å². The number of benzene rings is 2. The third-order valence-electron chi connectivity index (χ3n) is 3.58. The molecular formula is C17H19FN2O. The van der Waals surface area contributed by atoms with Crippen LogP contribution in [0.4, 0.5) is 4.39 Å². The van der Waals surface area contributed by atoms with E-state index in [4.69, 9.17) is 10.6 Å². The van der Waals surface area contributed by atoms with Crippen molar-refractivity contribution >= 4 is 0 Å². The Morgan fingerprint density at radius 1 is 1.19 bits per heavy atom. The van der Waals surface area contributed by atoms with Crippen LogP contribution in [0.5, 0.6) is 5.75 Å². The molecule has 0 spiro atoms. The Morgan fingerprint density at radius 3 is 2.67 bits per heavy atom. The van der Waals surface area contributed by atoms with Crippen LogP contribution in [0.25, 0.3) is 0 Å². The van der Waals surface area contributed by atoms with Gasteiger partial charge in [0.2, 0.25) is 0 Å². The lowest BCUT2D eigenvalue weighted by Gasteiger charge is -2.18. The molecule has 1 aliphatic rings. The molecule has 2 aromatic carbocycles. The summed E-state index contributed by atoms with van der Waals surface area (Å²) in [6, 6.07) is 12.5. The third kappa shape index (κ3) is 3.40. The van der Waals surface area contributed by atoms with Crippen LogP contribution >= 0.6 is 0 Å². The van der Waals surface area contributed by atoms with Gasteiger partial charge in [-0.1, -0.05) is 18.2 Å². The number of ether oxygens (including phenoxy) is 1. The topological polar surface area (TPSA) is 47.3 Å². The molecule has 1 unspecified atom stereocenters. The van der Waals surface area contributed by atoms with Crippen LogP contribution in [0.1, 0.15) is 35.6 Å². The summed E-state index contributed by atoms with van der Waals surface area (Å²) in [7, 11) is 0. The molecule has 0 saturated heterocycles. The predicted molar refractivity (Wildman–Crippen MR) is 80.4 cm³/mol. The molecule has 3 N–H and O–H groups in total. The van der Waals surface area contributed by atoms with Gasteiger partial charge in [0.05, 0.1) is 12.1 Å². The fraction of sp³-hybridized carbons (Fsp3) is 0.294. The second-order valence-corrected chi connectivity index (χ2v) is 5.55. The van der Waals surface area contributed by atoms with Gasteiger partial charge >= 0.3 is 0 Å². The minimum Gasteiger partial charge on any atom is -0.490 e. The first-order chi connectivity index (χ1) is 10.2. The molecule has 3 rings (SSSR count). The van der Waals surface area contributed by atoms with Crippen LogP contribution in [0.3, 0.4) is 0 Å². The van der Waals surface area contributed by atoms with Crippen LogP contribution in [0.2, 0.25) is 0 Å². The molecule has 0 heterocycles. The fourth-order valence-electron chi connectivity index (χ4n) is 2.46. The van der Waals surface area contributed by atoms with E-state index in [2.05, 4.69) is 5.43 Å². The molecule has 0 aliphatic heterocycles. The van der Waals surface area contributed by atoms with Gasteiger partial charge in [-0.15, -0.1) is 0 Å². The average molecular weight is 286 g/mol. The number of hydrazine groups is 1. The Balaban J connectivity index is 1.91. The lowest BCUT2D eigenvalue weighted by molar-refractivity contribution is 0.302. The lowest BCUT2D eigenvalue weighted by Crippen LogP contribution is -2.29. The predicted octanol–water partition coefficient (Wildman–Crippen LogP) is 3.23. The van der Waals surface area contributed by atoms with Crippen LogP contribution < -0.4 is 16.0 Å². The molecule has 0 amide bonds. The van der Waals surface area contributed by atoms with Crippen LogP contribution in [0, 0.1) is 12.7 Å². The van der Waals surface area contributed by atoms with Gasteiger partial charge in [-0.2, -0.15) is 0 Å². The molecule has 4 heteroatoms. The van der Waals surface area contributed by atoms with E-state index in [-0.39, 0.29) is 11.9 Å². The molecule has 21 heavy (non-hydrogen) atoms. The van der Waals surface area contributed by atoms with E-state index < -0.39 is 0 Å². The SMILES string of the molecule is Cc1cc(F)cc(C(NN)c2cccc(OC3CC3)c2)c1. The highest BCUT2D eigenvalue weighted by Gasteiger charge is 2.24. The summed E-state index contributed by atoms with van der Waals surface area (Å²) in [5, 5.41) is 0. The summed E-state index contributed by atoms with van der Waals surface area (Å²) < 4.78 is 19.4. The first-order valence-corrected chi connectivity index (χ1v) is 7.15. The van der Waals surface area contributed by atoms with Crippen LogP contribution in [-0.2, 0) is 0 Å². The quantitative estimate of drug-likeness (QED) is 0.655. The zero-order valence-corrected chi connectivity index (χ0v) is 12.0. The third-order valence-corrected chi connectivity index (χ3v) is 3.58. The molecule has 110 valence electrons. The Kier molecular flexibility index (Phi) is 3.90. The summed E-state index contributed by atoms with van der Waals surface area (Å²) in [6.45, 7) is 1.87. The number of aryl methyl sites for hydroxylation is 1. The largest absolute Gasteiger partial charge is 0.490 e. The van der Waals surface area contributed by atoms with E-state index in [9.17, 15) is 4.39 Å². The molecule has 0 aromatic heterocycles. The summed E-state index contributed by atoms with van der Waals surface area (Å²) in [4.78, 5) is 0. The van der Waals surface area contributed by atoms with Crippen molar-refractivity contribution in [3.63, 3.8) is 0 Å². The second-order valence-electron chi connectivity index (χ2n) is 5.55. The zero-order valence-electron chi connectivity index (χ0n) is 12.0. The highest BCUT2D eigenvalue weighted by molar-refractivity contribution is 5.38. The maximum Gasteiger partial charge on any atom is 0.123 e. The molecular weight excluding hydrogens is 267 g/mol. The molecule has 1 saturated carbocycles. The Labute approximate surface area is 123 Å². The maximum absolute atomic E-state index is 13.6. The van der Waals surface area contributed by atoms with E-state index in [0.717, 1.165) is 35.3 Å². The van der Waals surface area contributed by atoms with Gasteiger partial charge in [0.1, 0.15) is 11.6 Å². The van der Waals surface area contributed by atoms with Crippen molar-refractivity contribution in [2.45, 2.75) is 31.9 Å². The molecule has 0 bridgehead atoms. The Hall–Kier alpha value is -1.91. The zero-order chi connectivity index (χ0) is 14.8. The van der Waals surface area contributed by atoms with E-state index in [1.807, 2.05) is 37.3 Å². The number of nitrogens with one attached hydrogen (secondary N) is 1. The first kappa shape index (κ1) is 14.0. The highest BCUT2D eigenvalue weighted by atomic mass is 19.1. The molecule has 1 aliphatic carbocycles. The van der Waals surface area contributed by atoms with Crippen molar-refractivity contribution in [3.8, 4) is 5.75 Å². The van der Waals surface area contributed by atoms with E-state index >= 15 is 0 Å². The van der Waals surface area contributed by atoms with Crippen molar-refractivity contribution in [3.05, 3.63) is 65.0 Å². The molecule has 3 nitrogen and oxygen atoms in total. The number of rotatable bonds is 5. The van der Waals surface area contributed by atoms with Gasteiger partial charge in [-0.25, -0.2) is 9.82 Å². The van der Waals surface area contributed by atoms with Crippen molar-refractivity contribution in [2.75, 3.05) is 0 Å². The summed E-state index contributed by atoms with van der Waals surface area (Å²) in [5.41, 5.74) is 5.40. The average Bonchev–Trinajstić information content (AvgIpc) is 3.23. The minimum atomic E-state index is -0.262. The maximum atomic E-state index is 13.6. The molecule has 1 atom stereocenters. The number of hydrogen-bond acceptors (Lipinski definition) is 3. The first-order valence-electron chi connectivity index (χ1n) is 7.15. The number of nitrogens with two attached hydrogens (primary N) is 1. The van der Waals surface area contributed by atoms with Crippen molar-refractivity contribution in [1.29, 1.82) is 0 Å². The van der Waals surface area contributed by atoms with E-state index in [1.165, 1.54) is 12.1 Å². The fourth-order valence-corrected chi connectivity index (χ4v) is 2.46. The highest BCUT2D eigenvalue weighted by Crippen LogP contribution is 2.30. The van der Waals surface area contributed by atoms with E-state index in [1.54, 1.807) is 0 Å². The number of halogens is 1. The Bertz CT molecular complexity index is 620. The second kappa shape index (κ2) is 5.84. The van der Waals surface area contributed by atoms with E-state index in [0.29, 0.717) is 6.10 Å². The standard InChI is InChI=1S/C17H19FN2O/c1-11-7-13(9-14(18)8-11)17(20-19)12-3-2-4-16(10-12)21-15-5-6-15/h2-4,7-10,15,17,20H,5-6,19H2,1H3. The summed E-state index contributed by atoms with van der Waals surface area (Å²) in [6.07, 6.45) is 2.58. The summed E-state index contributed by atoms with van der Waals surface area (Å²) >= 11 is 0. The van der Waals surface area contributed by atoms with Crippen molar-refractivity contribution in [1.82, 2.24) is 5.43 Å². The van der Waals surface area contributed by atoms with Gasteiger partial charge in [0.25, 0.3) is 0 Å². The minimum absolute atomic E-state index is 0.254. The molecule has 1 fully saturated rings.